The van der Waals surface area contributed by atoms with Crippen LogP contribution in [0, 0.1) is 0 Å². The summed E-state index contributed by atoms with van der Waals surface area (Å²) in [5.41, 5.74) is 0. The van der Waals surface area contributed by atoms with Crippen LogP contribution in [-0.2, 0) is 9.59 Å². The fraction of sp³-hybridized carbons (Fsp3) is 0.800. The second-order valence-electron chi connectivity index (χ2n) is 4.24. The Hall–Kier alpha value is -0.750. The van der Waals surface area contributed by atoms with Gasteiger partial charge >= 0.3 is 0 Å². The first-order valence-electron chi connectivity index (χ1n) is 5.48. The number of nitrogens with zero attached hydrogens (tertiary/aromatic N) is 2. The highest BCUT2D eigenvalue weighted by Gasteiger charge is 2.36. The topological polar surface area (TPSA) is 52.7 Å². The Kier molecular flexibility index (Phi) is 3.39. The zero-order valence-corrected chi connectivity index (χ0v) is 10.4. The van der Waals surface area contributed by atoms with Gasteiger partial charge in [0.2, 0.25) is 11.8 Å². The number of carbonyl (C=O) groups excluding carboxylic acids is 2. The molecule has 0 aromatic carbocycles. The second kappa shape index (κ2) is 4.63. The van der Waals surface area contributed by atoms with E-state index in [0.717, 1.165) is 11.6 Å². The molecule has 2 saturated heterocycles. The number of hydrogen-bond donors (Lipinski definition) is 1. The Morgan fingerprint density at radius 1 is 1.50 bits per heavy atom. The lowest BCUT2D eigenvalue weighted by molar-refractivity contribution is -0.150. The van der Waals surface area contributed by atoms with Crippen molar-refractivity contribution in [2.24, 2.45) is 0 Å². The van der Waals surface area contributed by atoms with Gasteiger partial charge in [-0.05, 0) is 6.92 Å². The van der Waals surface area contributed by atoms with Crippen LogP contribution in [0.4, 0.5) is 0 Å². The van der Waals surface area contributed by atoms with E-state index in [4.69, 9.17) is 0 Å². The third-order valence-electron chi connectivity index (χ3n) is 3.17. The maximum atomic E-state index is 12.1. The van der Waals surface area contributed by atoms with Crippen LogP contribution in [0.15, 0.2) is 0 Å². The number of thioether (sulfide) groups is 1. The number of hydrogen-bond acceptors (Lipinski definition) is 4. The van der Waals surface area contributed by atoms with E-state index < -0.39 is 0 Å². The van der Waals surface area contributed by atoms with Crippen molar-refractivity contribution in [3.63, 3.8) is 0 Å². The van der Waals surface area contributed by atoms with Gasteiger partial charge in [0, 0.05) is 31.8 Å². The summed E-state index contributed by atoms with van der Waals surface area (Å²) in [5, 5.41) is 3.15. The first kappa shape index (κ1) is 11.7. The average Bonchev–Trinajstić information content (AvgIpc) is 2.79. The molecular formula is C10H17N3O2S. The third kappa shape index (κ3) is 2.04. The van der Waals surface area contributed by atoms with Gasteiger partial charge in [-0.1, -0.05) is 0 Å². The molecule has 16 heavy (non-hydrogen) atoms. The van der Waals surface area contributed by atoms with Gasteiger partial charge in [-0.3, -0.25) is 14.9 Å². The Morgan fingerprint density at radius 2 is 2.25 bits per heavy atom. The Morgan fingerprint density at radius 3 is 2.88 bits per heavy atom. The lowest BCUT2D eigenvalue weighted by Gasteiger charge is -2.38. The van der Waals surface area contributed by atoms with Crippen LogP contribution in [0.1, 0.15) is 6.92 Å². The van der Waals surface area contributed by atoms with E-state index in [1.807, 2.05) is 0 Å². The van der Waals surface area contributed by atoms with Crippen LogP contribution in [0.2, 0.25) is 0 Å². The number of rotatable bonds is 1. The van der Waals surface area contributed by atoms with E-state index in [9.17, 15) is 9.59 Å². The molecule has 6 heteroatoms. The van der Waals surface area contributed by atoms with Crippen molar-refractivity contribution in [3.05, 3.63) is 0 Å². The lowest BCUT2D eigenvalue weighted by atomic mass is 10.1. The normalized spacial score (nSPS) is 31.0. The fourth-order valence-corrected chi connectivity index (χ4v) is 3.00. The zero-order valence-electron chi connectivity index (χ0n) is 9.60. The SMILES string of the molecule is CC1C(=O)N(C)CCN1C(=O)C1CSCN1. The molecule has 0 bridgehead atoms. The van der Waals surface area contributed by atoms with Crippen molar-refractivity contribution in [2.75, 3.05) is 31.8 Å². The van der Waals surface area contributed by atoms with Crippen LogP contribution in [-0.4, -0.2) is 65.5 Å². The molecule has 0 saturated carbocycles. The molecule has 0 radical (unpaired) electrons. The maximum Gasteiger partial charge on any atom is 0.244 e. The summed E-state index contributed by atoms with van der Waals surface area (Å²) in [6.07, 6.45) is 0. The molecule has 2 amide bonds. The first-order valence-corrected chi connectivity index (χ1v) is 6.63. The molecule has 0 aromatic rings. The Balaban J connectivity index is 2.03. The smallest absolute Gasteiger partial charge is 0.244 e. The van der Waals surface area contributed by atoms with Gasteiger partial charge in [-0.25, -0.2) is 0 Å². The van der Waals surface area contributed by atoms with Crippen LogP contribution in [0.25, 0.3) is 0 Å². The minimum atomic E-state index is -0.321. The van der Waals surface area contributed by atoms with E-state index in [1.54, 1.807) is 35.5 Å². The molecule has 5 nitrogen and oxygen atoms in total. The predicted molar refractivity (Wildman–Crippen MR) is 63.1 cm³/mol. The van der Waals surface area contributed by atoms with Gasteiger partial charge in [0.25, 0.3) is 0 Å². The average molecular weight is 243 g/mol. The summed E-state index contributed by atoms with van der Waals surface area (Å²) in [7, 11) is 1.78. The number of amides is 2. The second-order valence-corrected chi connectivity index (χ2v) is 5.27. The zero-order chi connectivity index (χ0) is 11.7. The van der Waals surface area contributed by atoms with Gasteiger partial charge < -0.3 is 9.80 Å². The van der Waals surface area contributed by atoms with Crippen LogP contribution in [0.3, 0.4) is 0 Å². The Labute approximate surface area is 99.5 Å². The number of carbonyl (C=O) groups is 2. The summed E-state index contributed by atoms with van der Waals surface area (Å²) >= 11 is 1.72. The van der Waals surface area contributed by atoms with E-state index in [1.165, 1.54) is 0 Å². The molecule has 2 fully saturated rings. The molecule has 0 spiro atoms. The highest BCUT2D eigenvalue weighted by Crippen LogP contribution is 2.16. The summed E-state index contributed by atoms with van der Waals surface area (Å²) in [6, 6.07) is -0.428. The Bertz CT molecular complexity index is 304. The standard InChI is InChI=1S/C10H17N3O2S/c1-7-9(14)12(2)3-4-13(7)10(15)8-5-16-6-11-8/h7-8,11H,3-6H2,1-2H3. The molecule has 2 aliphatic heterocycles. The van der Waals surface area contributed by atoms with E-state index >= 15 is 0 Å². The minimum absolute atomic E-state index is 0.0326. The molecule has 2 rings (SSSR count). The fourth-order valence-electron chi connectivity index (χ4n) is 2.07. The van der Waals surface area contributed by atoms with Crippen molar-refractivity contribution in [2.45, 2.75) is 19.0 Å². The van der Waals surface area contributed by atoms with E-state index in [-0.39, 0.29) is 23.9 Å². The van der Waals surface area contributed by atoms with Gasteiger partial charge in [0.1, 0.15) is 6.04 Å². The van der Waals surface area contributed by atoms with Gasteiger partial charge in [0.15, 0.2) is 0 Å². The number of likely N-dealkylation sites (N-methyl/N-ethyl adjacent to an activating group) is 1. The van der Waals surface area contributed by atoms with Gasteiger partial charge in [0.05, 0.1) is 6.04 Å². The van der Waals surface area contributed by atoms with Crippen molar-refractivity contribution in [3.8, 4) is 0 Å². The number of nitrogens with one attached hydrogen (secondary N) is 1. The molecule has 90 valence electrons. The monoisotopic (exact) mass is 243 g/mol. The molecular weight excluding hydrogens is 226 g/mol. The van der Waals surface area contributed by atoms with Crippen molar-refractivity contribution in [1.82, 2.24) is 15.1 Å². The summed E-state index contributed by atoms with van der Waals surface area (Å²) in [5.74, 6) is 1.74. The lowest BCUT2D eigenvalue weighted by Crippen LogP contribution is -2.59. The van der Waals surface area contributed by atoms with Crippen molar-refractivity contribution in [1.29, 1.82) is 0 Å². The van der Waals surface area contributed by atoms with E-state index in [0.29, 0.717) is 13.1 Å². The first-order chi connectivity index (χ1) is 7.61. The van der Waals surface area contributed by atoms with Crippen LogP contribution >= 0.6 is 11.8 Å². The maximum absolute atomic E-state index is 12.1. The van der Waals surface area contributed by atoms with Gasteiger partial charge in [-0.15, -0.1) is 11.8 Å². The largest absolute Gasteiger partial charge is 0.342 e. The molecule has 2 unspecified atom stereocenters. The van der Waals surface area contributed by atoms with E-state index in [2.05, 4.69) is 5.32 Å². The van der Waals surface area contributed by atoms with Gasteiger partial charge in [-0.2, -0.15) is 0 Å². The molecule has 2 heterocycles. The molecule has 2 atom stereocenters. The van der Waals surface area contributed by atoms with Crippen LogP contribution in [0.5, 0.6) is 0 Å². The number of piperazine rings is 1. The quantitative estimate of drug-likeness (QED) is 0.664. The highest BCUT2D eigenvalue weighted by molar-refractivity contribution is 7.99. The summed E-state index contributed by atoms with van der Waals surface area (Å²) in [6.45, 7) is 3.08. The molecule has 1 N–H and O–H groups in total. The molecule has 2 aliphatic rings. The van der Waals surface area contributed by atoms with Crippen molar-refractivity contribution < 1.29 is 9.59 Å². The molecule has 0 aliphatic carbocycles. The molecule has 0 aromatic heterocycles. The third-order valence-corrected chi connectivity index (χ3v) is 4.11. The van der Waals surface area contributed by atoms with Crippen molar-refractivity contribution >= 4 is 23.6 Å². The summed E-state index contributed by atoms with van der Waals surface area (Å²) in [4.78, 5) is 27.3. The highest BCUT2D eigenvalue weighted by atomic mass is 32.2. The van der Waals surface area contributed by atoms with Crippen LogP contribution < -0.4 is 5.32 Å². The minimum Gasteiger partial charge on any atom is -0.342 e. The summed E-state index contributed by atoms with van der Waals surface area (Å²) < 4.78 is 0. The predicted octanol–water partition coefficient (Wildman–Crippen LogP) is -0.662.